The zero-order valence-electron chi connectivity index (χ0n) is 15.8. The minimum absolute atomic E-state index is 0.228. The molecule has 3 rings (SSSR count). The second-order valence-corrected chi connectivity index (χ2v) is 8.31. The Bertz CT molecular complexity index is 1100. The second kappa shape index (κ2) is 7.82. The van der Waals surface area contributed by atoms with E-state index in [4.69, 9.17) is 4.74 Å². The number of hydrogen-bond acceptors (Lipinski definition) is 5. The van der Waals surface area contributed by atoms with Crippen molar-refractivity contribution in [2.24, 2.45) is 0 Å². The molecule has 0 atom stereocenters. The lowest BCUT2D eigenvalue weighted by molar-refractivity contribution is 0.0734. The zero-order chi connectivity index (χ0) is 20.3. The van der Waals surface area contributed by atoms with Crippen molar-refractivity contribution in [1.29, 1.82) is 0 Å². The van der Waals surface area contributed by atoms with Gasteiger partial charge in [0.25, 0.3) is 10.0 Å². The van der Waals surface area contributed by atoms with Gasteiger partial charge >= 0.3 is 5.97 Å². The molecule has 28 heavy (non-hydrogen) atoms. The van der Waals surface area contributed by atoms with Gasteiger partial charge in [-0.3, -0.25) is 9.29 Å². The van der Waals surface area contributed by atoms with Gasteiger partial charge < -0.3 is 4.74 Å². The molecule has 7 heteroatoms. The van der Waals surface area contributed by atoms with Gasteiger partial charge in [-0.2, -0.15) is 0 Å². The number of carbonyl (C=O) groups excluding carboxylic acids is 1. The smallest absolute Gasteiger partial charge is 0.343 e. The first-order valence-corrected chi connectivity index (χ1v) is 10.0. The van der Waals surface area contributed by atoms with Crippen LogP contribution in [0.5, 0.6) is 5.75 Å². The summed E-state index contributed by atoms with van der Waals surface area (Å²) >= 11 is 0. The van der Waals surface area contributed by atoms with Crippen LogP contribution in [-0.4, -0.2) is 26.4 Å². The first-order valence-electron chi connectivity index (χ1n) is 8.57. The number of aryl methyl sites for hydroxylation is 2. The number of nitrogens with zero attached hydrogens (tertiary/aromatic N) is 2. The van der Waals surface area contributed by atoms with Crippen LogP contribution in [-0.2, 0) is 10.0 Å². The van der Waals surface area contributed by atoms with Gasteiger partial charge in [-0.25, -0.2) is 13.2 Å². The molecule has 2 aromatic carbocycles. The first kappa shape index (κ1) is 19.6. The van der Waals surface area contributed by atoms with Crippen molar-refractivity contribution in [2.45, 2.75) is 18.7 Å². The molecule has 0 aliphatic rings. The highest BCUT2D eigenvalue weighted by atomic mass is 32.2. The number of esters is 1. The number of rotatable bonds is 5. The summed E-state index contributed by atoms with van der Waals surface area (Å²) < 4.78 is 32.3. The van der Waals surface area contributed by atoms with E-state index >= 15 is 0 Å². The quantitative estimate of drug-likeness (QED) is 0.485. The van der Waals surface area contributed by atoms with E-state index in [0.717, 1.165) is 11.1 Å². The number of ether oxygens (including phenoxy) is 1. The van der Waals surface area contributed by atoms with Crippen LogP contribution in [0.15, 0.2) is 71.9 Å². The largest absolute Gasteiger partial charge is 0.423 e. The summed E-state index contributed by atoms with van der Waals surface area (Å²) in [6, 6.07) is 14.5. The molecule has 0 N–H and O–H groups in total. The van der Waals surface area contributed by atoms with Crippen LogP contribution in [0.3, 0.4) is 0 Å². The van der Waals surface area contributed by atoms with E-state index in [2.05, 4.69) is 4.98 Å². The van der Waals surface area contributed by atoms with Crippen molar-refractivity contribution < 1.29 is 17.9 Å². The molecule has 144 valence electrons. The third-order valence-electron chi connectivity index (χ3n) is 4.46. The summed E-state index contributed by atoms with van der Waals surface area (Å²) in [4.78, 5) is 16.2. The minimum Gasteiger partial charge on any atom is -0.423 e. The Morgan fingerprint density at radius 3 is 2.18 bits per heavy atom. The van der Waals surface area contributed by atoms with Crippen LogP contribution in [0, 0.1) is 13.8 Å². The molecule has 1 heterocycles. The Labute approximate surface area is 164 Å². The molecule has 0 aliphatic heterocycles. The maximum atomic E-state index is 12.9. The third-order valence-corrected chi connectivity index (χ3v) is 6.25. The summed E-state index contributed by atoms with van der Waals surface area (Å²) in [7, 11) is -2.20. The molecular formula is C21H20N2O4S. The molecule has 6 nitrogen and oxygen atoms in total. The van der Waals surface area contributed by atoms with Crippen LogP contribution in [0.4, 0.5) is 5.69 Å². The highest BCUT2D eigenvalue weighted by Gasteiger charge is 2.22. The van der Waals surface area contributed by atoms with E-state index in [9.17, 15) is 13.2 Å². The fourth-order valence-electron chi connectivity index (χ4n) is 2.55. The maximum Gasteiger partial charge on any atom is 0.343 e. The van der Waals surface area contributed by atoms with Crippen LogP contribution in [0.25, 0.3) is 0 Å². The van der Waals surface area contributed by atoms with Crippen molar-refractivity contribution in [2.75, 3.05) is 11.4 Å². The summed E-state index contributed by atoms with van der Waals surface area (Å²) in [5.74, 6) is -0.186. The average Bonchev–Trinajstić information content (AvgIpc) is 2.70. The van der Waals surface area contributed by atoms with Gasteiger partial charge in [0, 0.05) is 19.4 Å². The molecule has 0 spiro atoms. The van der Waals surface area contributed by atoms with Gasteiger partial charge in [-0.1, -0.05) is 6.07 Å². The third kappa shape index (κ3) is 4.04. The van der Waals surface area contributed by atoms with Crippen LogP contribution in [0.2, 0.25) is 0 Å². The van der Waals surface area contributed by atoms with Crippen molar-refractivity contribution >= 4 is 21.7 Å². The van der Waals surface area contributed by atoms with Crippen molar-refractivity contribution in [3.63, 3.8) is 0 Å². The Hall–Kier alpha value is -3.19. The second-order valence-electron chi connectivity index (χ2n) is 6.34. The minimum atomic E-state index is -3.69. The molecule has 0 saturated carbocycles. The van der Waals surface area contributed by atoms with Gasteiger partial charge in [0.2, 0.25) is 0 Å². The summed E-state index contributed by atoms with van der Waals surface area (Å²) in [5, 5.41) is 0. The number of pyridine rings is 1. The van der Waals surface area contributed by atoms with Gasteiger partial charge in [-0.05, 0) is 73.5 Å². The van der Waals surface area contributed by atoms with Crippen LogP contribution >= 0.6 is 0 Å². The number of hydrogen-bond donors (Lipinski definition) is 0. The average molecular weight is 396 g/mol. The molecule has 0 radical (unpaired) electrons. The Kier molecular flexibility index (Phi) is 5.46. The van der Waals surface area contributed by atoms with Crippen LogP contribution in [0.1, 0.15) is 21.5 Å². The van der Waals surface area contributed by atoms with Gasteiger partial charge in [0.1, 0.15) is 5.75 Å². The Balaban J connectivity index is 1.78. The van der Waals surface area contributed by atoms with Crippen molar-refractivity contribution in [1.82, 2.24) is 4.98 Å². The maximum absolute atomic E-state index is 12.9. The van der Waals surface area contributed by atoms with E-state index in [1.165, 1.54) is 23.7 Å². The van der Waals surface area contributed by atoms with Crippen LogP contribution < -0.4 is 9.04 Å². The number of sulfonamides is 1. The van der Waals surface area contributed by atoms with Gasteiger partial charge in [0.15, 0.2) is 0 Å². The predicted molar refractivity (Wildman–Crippen MR) is 107 cm³/mol. The molecule has 0 aliphatic carbocycles. The Morgan fingerprint density at radius 2 is 1.57 bits per heavy atom. The highest BCUT2D eigenvalue weighted by Crippen LogP contribution is 2.25. The SMILES string of the molecule is Cc1ccc(S(=O)(=O)N(C)c2ccc(OC(=O)c3ccncc3)cc2)cc1C. The lowest BCUT2D eigenvalue weighted by Gasteiger charge is -2.20. The normalized spacial score (nSPS) is 11.1. The summed E-state index contributed by atoms with van der Waals surface area (Å²) in [6.07, 6.45) is 3.01. The summed E-state index contributed by atoms with van der Waals surface area (Å²) in [6.45, 7) is 3.81. The number of aromatic nitrogens is 1. The number of carbonyl (C=O) groups is 1. The Morgan fingerprint density at radius 1 is 0.929 bits per heavy atom. The lowest BCUT2D eigenvalue weighted by atomic mass is 10.1. The number of anilines is 1. The van der Waals surface area contributed by atoms with Crippen molar-refractivity contribution in [3.8, 4) is 5.75 Å². The van der Waals surface area contributed by atoms with E-state index < -0.39 is 16.0 Å². The van der Waals surface area contributed by atoms with Crippen molar-refractivity contribution in [3.05, 3.63) is 83.7 Å². The summed E-state index contributed by atoms with van der Waals surface area (Å²) in [5.41, 5.74) is 2.78. The van der Waals surface area contributed by atoms with E-state index in [1.807, 2.05) is 13.8 Å². The topological polar surface area (TPSA) is 76.6 Å². The molecule has 0 unspecified atom stereocenters. The van der Waals surface area contributed by atoms with E-state index in [-0.39, 0.29) is 4.90 Å². The van der Waals surface area contributed by atoms with Gasteiger partial charge in [-0.15, -0.1) is 0 Å². The fourth-order valence-corrected chi connectivity index (χ4v) is 3.83. The lowest BCUT2D eigenvalue weighted by Crippen LogP contribution is -2.26. The van der Waals surface area contributed by atoms with E-state index in [1.54, 1.807) is 54.6 Å². The standard InChI is InChI=1S/C21H20N2O4S/c1-15-4-9-20(14-16(15)2)28(25,26)23(3)18-5-7-19(8-6-18)27-21(24)17-10-12-22-13-11-17/h4-14H,1-3H3. The molecule has 0 bridgehead atoms. The highest BCUT2D eigenvalue weighted by molar-refractivity contribution is 7.92. The first-order chi connectivity index (χ1) is 13.3. The van der Waals surface area contributed by atoms with E-state index in [0.29, 0.717) is 17.0 Å². The predicted octanol–water partition coefficient (Wildman–Crippen LogP) is 3.74. The molecule has 0 fully saturated rings. The molecule has 1 aromatic heterocycles. The zero-order valence-corrected chi connectivity index (χ0v) is 16.6. The molecular weight excluding hydrogens is 376 g/mol. The molecule has 3 aromatic rings. The molecule has 0 saturated heterocycles. The van der Waals surface area contributed by atoms with Gasteiger partial charge in [0.05, 0.1) is 16.1 Å². The molecule has 0 amide bonds. The number of benzene rings is 2. The monoisotopic (exact) mass is 396 g/mol. The fraction of sp³-hybridized carbons (Fsp3) is 0.143.